The zero-order valence-electron chi connectivity index (χ0n) is 16.9. The van der Waals surface area contributed by atoms with Gasteiger partial charge in [-0.05, 0) is 35.4 Å². The smallest absolute Gasteiger partial charge is 0.270 e. The van der Waals surface area contributed by atoms with Gasteiger partial charge in [0, 0.05) is 32.1 Å². The van der Waals surface area contributed by atoms with Gasteiger partial charge in [0.25, 0.3) is 5.91 Å². The normalized spacial score (nSPS) is 11.1. The highest BCUT2D eigenvalue weighted by atomic mass is 16.5. The number of aromatic nitrogens is 2. The number of methoxy groups -OCH3 is 1. The SMILES string of the molecule is COCCCNC(=O)c1ccnc(Nc2c(C(C)C)cccc2C(C)C)n1. The van der Waals surface area contributed by atoms with E-state index >= 15 is 0 Å². The van der Waals surface area contributed by atoms with E-state index < -0.39 is 0 Å². The highest BCUT2D eigenvalue weighted by molar-refractivity contribution is 5.92. The molecule has 6 heteroatoms. The van der Waals surface area contributed by atoms with E-state index in [0.717, 1.165) is 12.1 Å². The summed E-state index contributed by atoms with van der Waals surface area (Å²) in [6, 6.07) is 7.94. The van der Waals surface area contributed by atoms with Gasteiger partial charge in [-0.3, -0.25) is 4.79 Å². The third kappa shape index (κ3) is 5.76. The molecule has 0 aliphatic carbocycles. The van der Waals surface area contributed by atoms with E-state index in [2.05, 4.69) is 66.5 Å². The minimum Gasteiger partial charge on any atom is -0.385 e. The molecule has 6 nitrogen and oxygen atoms in total. The molecule has 0 radical (unpaired) electrons. The first-order chi connectivity index (χ1) is 12.9. The standard InChI is InChI=1S/C21H30N4O2/c1-14(2)16-8-6-9-17(15(3)4)19(16)25-21-23-12-10-18(24-21)20(26)22-11-7-13-27-5/h6,8-10,12,14-15H,7,11,13H2,1-5H3,(H,22,26)(H,23,24,25). The second-order valence-electron chi connectivity index (χ2n) is 7.11. The fourth-order valence-electron chi connectivity index (χ4n) is 2.86. The number of rotatable bonds is 9. The number of anilines is 2. The molecule has 146 valence electrons. The van der Waals surface area contributed by atoms with Crippen LogP contribution in [0.15, 0.2) is 30.5 Å². The van der Waals surface area contributed by atoms with Gasteiger partial charge < -0.3 is 15.4 Å². The Hall–Kier alpha value is -2.47. The summed E-state index contributed by atoms with van der Waals surface area (Å²) in [5.74, 6) is 0.934. The third-order valence-electron chi connectivity index (χ3n) is 4.31. The number of para-hydroxylation sites is 1. The summed E-state index contributed by atoms with van der Waals surface area (Å²) in [5, 5.41) is 6.20. The Bertz CT molecular complexity index is 733. The van der Waals surface area contributed by atoms with Crippen molar-refractivity contribution in [2.75, 3.05) is 25.6 Å². The van der Waals surface area contributed by atoms with Crippen molar-refractivity contribution in [1.82, 2.24) is 15.3 Å². The van der Waals surface area contributed by atoms with Crippen LogP contribution in [0.5, 0.6) is 0 Å². The average molecular weight is 370 g/mol. The van der Waals surface area contributed by atoms with E-state index in [-0.39, 0.29) is 5.91 Å². The van der Waals surface area contributed by atoms with Gasteiger partial charge in [0.05, 0.1) is 0 Å². The number of ether oxygens (including phenoxy) is 1. The number of nitrogens with zero attached hydrogens (tertiary/aromatic N) is 2. The lowest BCUT2D eigenvalue weighted by atomic mass is 9.93. The van der Waals surface area contributed by atoms with Crippen LogP contribution in [0.4, 0.5) is 11.6 Å². The first-order valence-corrected chi connectivity index (χ1v) is 9.44. The summed E-state index contributed by atoms with van der Waals surface area (Å²) < 4.78 is 4.99. The van der Waals surface area contributed by atoms with Crippen LogP contribution in [0.25, 0.3) is 0 Å². The third-order valence-corrected chi connectivity index (χ3v) is 4.31. The Labute approximate surface area is 161 Å². The van der Waals surface area contributed by atoms with Crippen LogP contribution < -0.4 is 10.6 Å². The van der Waals surface area contributed by atoms with Crippen molar-refractivity contribution in [3.05, 3.63) is 47.3 Å². The van der Waals surface area contributed by atoms with Crippen molar-refractivity contribution in [1.29, 1.82) is 0 Å². The molecule has 0 saturated carbocycles. The molecule has 0 fully saturated rings. The molecule has 0 unspecified atom stereocenters. The minimum absolute atomic E-state index is 0.210. The summed E-state index contributed by atoms with van der Waals surface area (Å²) in [7, 11) is 1.64. The summed E-state index contributed by atoms with van der Waals surface area (Å²) in [6.45, 7) is 9.81. The van der Waals surface area contributed by atoms with Crippen molar-refractivity contribution in [3.63, 3.8) is 0 Å². The van der Waals surface area contributed by atoms with Gasteiger partial charge in [-0.15, -0.1) is 0 Å². The molecule has 2 rings (SSSR count). The summed E-state index contributed by atoms with van der Waals surface area (Å²) in [6.07, 6.45) is 2.37. The Morgan fingerprint density at radius 3 is 2.37 bits per heavy atom. The Morgan fingerprint density at radius 2 is 1.78 bits per heavy atom. The van der Waals surface area contributed by atoms with E-state index in [1.165, 1.54) is 11.1 Å². The predicted molar refractivity (Wildman–Crippen MR) is 109 cm³/mol. The number of carbonyl (C=O) groups is 1. The maximum absolute atomic E-state index is 12.3. The number of nitrogens with one attached hydrogen (secondary N) is 2. The molecule has 0 atom stereocenters. The average Bonchev–Trinajstić information content (AvgIpc) is 2.65. The van der Waals surface area contributed by atoms with Crippen LogP contribution in [0, 0.1) is 0 Å². The van der Waals surface area contributed by atoms with Crippen molar-refractivity contribution >= 4 is 17.5 Å². The molecule has 27 heavy (non-hydrogen) atoms. The number of carbonyl (C=O) groups excluding carboxylic acids is 1. The van der Waals surface area contributed by atoms with Gasteiger partial charge in [-0.1, -0.05) is 45.9 Å². The van der Waals surface area contributed by atoms with E-state index in [1.54, 1.807) is 19.4 Å². The first kappa shape index (κ1) is 20.8. The summed E-state index contributed by atoms with van der Waals surface area (Å²) in [5.41, 5.74) is 3.79. The van der Waals surface area contributed by atoms with E-state index in [9.17, 15) is 4.79 Å². The lowest BCUT2D eigenvalue weighted by Crippen LogP contribution is -2.26. The second-order valence-corrected chi connectivity index (χ2v) is 7.11. The van der Waals surface area contributed by atoms with E-state index in [1.807, 2.05) is 0 Å². The lowest BCUT2D eigenvalue weighted by Gasteiger charge is -2.20. The van der Waals surface area contributed by atoms with Gasteiger partial charge in [0.1, 0.15) is 5.69 Å². The number of hydrogen-bond donors (Lipinski definition) is 2. The number of hydrogen-bond acceptors (Lipinski definition) is 5. The highest BCUT2D eigenvalue weighted by Crippen LogP contribution is 2.33. The fraction of sp³-hybridized carbons (Fsp3) is 0.476. The van der Waals surface area contributed by atoms with Crippen LogP contribution in [0.2, 0.25) is 0 Å². The van der Waals surface area contributed by atoms with Crippen LogP contribution in [0.3, 0.4) is 0 Å². The predicted octanol–water partition coefficient (Wildman–Crippen LogP) is 4.23. The molecule has 2 N–H and O–H groups in total. The quantitative estimate of drug-likeness (QED) is 0.646. The molecule has 1 heterocycles. The molecule has 2 aromatic rings. The monoisotopic (exact) mass is 370 g/mol. The minimum atomic E-state index is -0.210. The molecular weight excluding hydrogens is 340 g/mol. The number of amides is 1. The molecule has 1 aromatic heterocycles. The van der Waals surface area contributed by atoms with Crippen LogP contribution in [0.1, 0.15) is 67.6 Å². The molecule has 0 bridgehead atoms. The van der Waals surface area contributed by atoms with E-state index in [0.29, 0.717) is 36.6 Å². The molecule has 0 spiro atoms. The molecular formula is C21H30N4O2. The van der Waals surface area contributed by atoms with Crippen LogP contribution in [-0.2, 0) is 4.74 Å². The largest absolute Gasteiger partial charge is 0.385 e. The Kier molecular flexibility index (Phi) is 7.73. The van der Waals surface area contributed by atoms with Crippen molar-refractivity contribution in [3.8, 4) is 0 Å². The fourth-order valence-corrected chi connectivity index (χ4v) is 2.86. The van der Waals surface area contributed by atoms with Gasteiger partial charge in [-0.2, -0.15) is 0 Å². The maximum Gasteiger partial charge on any atom is 0.270 e. The first-order valence-electron chi connectivity index (χ1n) is 9.44. The Morgan fingerprint density at radius 1 is 1.11 bits per heavy atom. The topological polar surface area (TPSA) is 76.1 Å². The van der Waals surface area contributed by atoms with Crippen LogP contribution >= 0.6 is 0 Å². The molecule has 0 saturated heterocycles. The zero-order chi connectivity index (χ0) is 19.8. The van der Waals surface area contributed by atoms with Crippen molar-refractivity contribution in [2.45, 2.75) is 46.0 Å². The zero-order valence-corrected chi connectivity index (χ0v) is 16.9. The lowest BCUT2D eigenvalue weighted by molar-refractivity contribution is 0.0943. The van der Waals surface area contributed by atoms with Gasteiger partial charge >= 0.3 is 0 Å². The van der Waals surface area contributed by atoms with E-state index in [4.69, 9.17) is 4.74 Å². The van der Waals surface area contributed by atoms with Gasteiger partial charge in [0.2, 0.25) is 5.95 Å². The highest BCUT2D eigenvalue weighted by Gasteiger charge is 2.15. The van der Waals surface area contributed by atoms with Gasteiger partial charge in [0.15, 0.2) is 0 Å². The summed E-state index contributed by atoms with van der Waals surface area (Å²) in [4.78, 5) is 21.0. The van der Waals surface area contributed by atoms with Crippen molar-refractivity contribution in [2.24, 2.45) is 0 Å². The second kappa shape index (κ2) is 10.0. The van der Waals surface area contributed by atoms with Crippen LogP contribution in [-0.4, -0.2) is 36.1 Å². The Balaban J connectivity index is 2.22. The van der Waals surface area contributed by atoms with Crippen molar-refractivity contribution < 1.29 is 9.53 Å². The summed E-state index contributed by atoms with van der Waals surface area (Å²) >= 11 is 0. The molecule has 1 amide bonds. The molecule has 1 aromatic carbocycles. The number of benzene rings is 1. The molecule has 0 aliphatic heterocycles. The maximum atomic E-state index is 12.3. The van der Waals surface area contributed by atoms with Gasteiger partial charge in [-0.25, -0.2) is 9.97 Å². The molecule has 0 aliphatic rings.